The number of nitrogens with one attached hydrogen (secondary N) is 1. The minimum atomic E-state index is 0.158. The van der Waals surface area contributed by atoms with Crippen LogP contribution in [-0.4, -0.2) is 19.0 Å². The fraction of sp³-hybridized carbons (Fsp3) is 0.188. The lowest BCUT2D eigenvalue weighted by Crippen LogP contribution is -2.12. The third-order valence-electron chi connectivity index (χ3n) is 2.73. The molecule has 0 amide bonds. The van der Waals surface area contributed by atoms with Gasteiger partial charge < -0.3 is 15.2 Å². The van der Waals surface area contributed by atoms with Gasteiger partial charge in [-0.15, -0.1) is 0 Å². The standard InChI is InChI=1S/C16H17BrN2O2/c17-13-2-1-3-15(11-13)21-9-8-20-14-6-4-12(5-7-14)10-16(18)19/h1-7,11H,8-10H2,(H3,18,19). The third-order valence-corrected chi connectivity index (χ3v) is 3.23. The second kappa shape index (κ2) is 7.69. The van der Waals surface area contributed by atoms with E-state index in [1.807, 2.05) is 48.5 Å². The van der Waals surface area contributed by atoms with Crippen molar-refractivity contribution in [3.63, 3.8) is 0 Å². The second-order valence-corrected chi connectivity index (χ2v) is 5.42. The highest BCUT2D eigenvalue weighted by Crippen LogP contribution is 2.18. The molecule has 0 fully saturated rings. The number of amidine groups is 1. The zero-order chi connectivity index (χ0) is 15.1. The van der Waals surface area contributed by atoms with Crippen molar-refractivity contribution >= 4 is 21.8 Å². The van der Waals surface area contributed by atoms with E-state index in [4.69, 9.17) is 20.6 Å². The number of hydrogen-bond acceptors (Lipinski definition) is 3. The Kier molecular flexibility index (Phi) is 5.63. The largest absolute Gasteiger partial charge is 0.490 e. The molecule has 2 rings (SSSR count). The average molecular weight is 349 g/mol. The minimum Gasteiger partial charge on any atom is -0.490 e. The molecule has 21 heavy (non-hydrogen) atoms. The average Bonchev–Trinajstić information content (AvgIpc) is 2.45. The normalized spacial score (nSPS) is 10.1. The molecule has 0 heterocycles. The van der Waals surface area contributed by atoms with E-state index in [0.29, 0.717) is 19.6 Å². The molecule has 0 spiro atoms. The molecule has 110 valence electrons. The Morgan fingerprint density at radius 2 is 1.67 bits per heavy atom. The van der Waals surface area contributed by atoms with E-state index in [-0.39, 0.29) is 5.84 Å². The van der Waals surface area contributed by atoms with Crippen molar-refractivity contribution in [1.82, 2.24) is 0 Å². The lowest BCUT2D eigenvalue weighted by atomic mass is 10.1. The van der Waals surface area contributed by atoms with Gasteiger partial charge in [-0.05, 0) is 35.9 Å². The number of halogens is 1. The maximum Gasteiger partial charge on any atom is 0.122 e. The van der Waals surface area contributed by atoms with Gasteiger partial charge in [0.15, 0.2) is 0 Å². The van der Waals surface area contributed by atoms with Crippen molar-refractivity contribution in [3.8, 4) is 11.5 Å². The van der Waals surface area contributed by atoms with Crippen molar-refractivity contribution in [2.75, 3.05) is 13.2 Å². The maximum atomic E-state index is 7.24. The van der Waals surface area contributed by atoms with E-state index in [9.17, 15) is 0 Å². The molecule has 0 saturated heterocycles. The molecule has 0 aliphatic heterocycles. The summed E-state index contributed by atoms with van der Waals surface area (Å²) < 4.78 is 12.2. The van der Waals surface area contributed by atoms with Crippen molar-refractivity contribution in [2.45, 2.75) is 6.42 Å². The first-order valence-electron chi connectivity index (χ1n) is 6.56. The molecule has 3 N–H and O–H groups in total. The van der Waals surface area contributed by atoms with Crippen LogP contribution >= 0.6 is 15.9 Å². The summed E-state index contributed by atoms with van der Waals surface area (Å²) in [7, 11) is 0. The molecule has 0 radical (unpaired) electrons. The number of hydrogen-bond donors (Lipinski definition) is 2. The Morgan fingerprint density at radius 1 is 1.00 bits per heavy atom. The van der Waals surface area contributed by atoms with E-state index in [1.54, 1.807) is 0 Å². The maximum absolute atomic E-state index is 7.24. The van der Waals surface area contributed by atoms with Gasteiger partial charge in [-0.2, -0.15) is 0 Å². The zero-order valence-corrected chi connectivity index (χ0v) is 13.1. The van der Waals surface area contributed by atoms with Gasteiger partial charge in [0.05, 0.1) is 5.84 Å². The Balaban J connectivity index is 1.74. The highest BCUT2D eigenvalue weighted by Gasteiger charge is 1.99. The van der Waals surface area contributed by atoms with Crippen molar-refractivity contribution in [3.05, 3.63) is 58.6 Å². The lowest BCUT2D eigenvalue weighted by molar-refractivity contribution is 0.217. The Labute approximate surface area is 132 Å². The zero-order valence-electron chi connectivity index (χ0n) is 11.5. The first-order chi connectivity index (χ1) is 10.1. The van der Waals surface area contributed by atoms with E-state index < -0.39 is 0 Å². The summed E-state index contributed by atoms with van der Waals surface area (Å²) in [6.45, 7) is 0.949. The van der Waals surface area contributed by atoms with E-state index in [2.05, 4.69) is 15.9 Å². The molecule has 0 aliphatic carbocycles. The summed E-state index contributed by atoms with van der Waals surface area (Å²) in [6.07, 6.45) is 0.465. The smallest absolute Gasteiger partial charge is 0.122 e. The number of benzene rings is 2. The number of nitrogens with two attached hydrogens (primary N) is 1. The number of rotatable bonds is 7. The quantitative estimate of drug-likeness (QED) is 0.457. The molecule has 5 heteroatoms. The monoisotopic (exact) mass is 348 g/mol. The second-order valence-electron chi connectivity index (χ2n) is 4.50. The van der Waals surface area contributed by atoms with Gasteiger partial charge in [0.2, 0.25) is 0 Å². The summed E-state index contributed by atoms with van der Waals surface area (Å²) in [5.41, 5.74) is 6.36. The van der Waals surface area contributed by atoms with Gasteiger partial charge in [-0.1, -0.05) is 34.1 Å². The van der Waals surface area contributed by atoms with E-state index >= 15 is 0 Å². The van der Waals surface area contributed by atoms with Crippen LogP contribution in [0.5, 0.6) is 11.5 Å². The molecule has 0 saturated carbocycles. The predicted molar refractivity (Wildman–Crippen MR) is 87.2 cm³/mol. The van der Waals surface area contributed by atoms with Gasteiger partial charge in [-0.3, -0.25) is 5.41 Å². The summed E-state index contributed by atoms with van der Waals surface area (Å²) in [5, 5.41) is 7.24. The summed E-state index contributed by atoms with van der Waals surface area (Å²) in [5.74, 6) is 1.75. The van der Waals surface area contributed by atoms with Crippen LogP contribution < -0.4 is 15.2 Å². The van der Waals surface area contributed by atoms with E-state index in [0.717, 1.165) is 21.5 Å². The fourth-order valence-electron chi connectivity index (χ4n) is 1.80. The summed E-state index contributed by atoms with van der Waals surface area (Å²) in [6, 6.07) is 15.3. The van der Waals surface area contributed by atoms with Crippen LogP contribution in [0.4, 0.5) is 0 Å². The van der Waals surface area contributed by atoms with Crippen LogP contribution in [0.3, 0.4) is 0 Å². The molecular formula is C16H17BrN2O2. The summed E-state index contributed by atoms with van der Waals surface area (Å²) >= 11 is 3.40. The van der Waals surface area contributed by atoms with Crippen molar-refractivity contribution in [2.24, 2.45) is 5.73 Å². The molecule has 2 aromatic rings. The molecule has 4 nitrogen and oxygen atoms in total. The van der Waals surface area contributed by atoms with Crippen LogP contribution in [-0.2, 0) is 6.42 Å². The first-order valence-corrected chi connectivity index (χ1v) is 7.36. The van der Waals surface area contributed by atoms with Gasteiger partial charge in [0.25, 0.3) is 0 Å². The van der Waals surface area contributed by atoms with Gasteiger partial charge in [-0.25, -0.2) is 0 Å². The third kappa shape index (κ3) is 5.47. The highest BCUT2D eigenvalue weighted by atomic mass is 79.9. The van der Waals surface area contributed by atoms with E-state index in [1.165, 1.54) is 0 Å². The number of ether oxygens (including phenoxy) is 2. The van der Waals surface area contributed by atoms with Crippen molar-refractivity contribution < 1.29 is 9.47 Å². The molecule has 0 unspecified atom stereocenters. The predicted octanol–water partition coefficient (Wildman–Crippen LogP) is 3.39. The van der Waals surface area contributed by atoms with Crippen molar-refractivity contribution in [1.29, 1.82) is 5.41 Å². The van der Waals surface area contributed by atoms with Gasteiger partial charge in [0.1, 0.15) is 24.7 Å². The summed E-state index contributed by atoms with van der Waals surface area (Å²) in [4.78, 5) is 0. The SMILES string of the molecule is N=C(N)Cc1ccc(OCCOc2cccc(Br)c2)cc1. The minimum absolute atomic E-state index is 0.158. The topological polar surface area (TPSA) is 68.3 Å². The Hall–Kier alpha value is -2.01. The van der Waals surface area contributed by atoms with Crippen LogP contribution in [0.25, 0.3) is 0 Å². The molecule has 0 aliphatic rings. The molecular weight excluding hydrogens is 332 g/mol. The van der Waals surface area contributed by atoms with Crippen LogP contribution in [0.15, 0.2) is 53.0 Å². The Bertz CT molecular complexity index is 599. The highest BCUT2D eigenvalue weighted by molar-refractivity contribution is 9.10. The molecule has 0 atom stereocenters. The van der Waals surface area contributed by atoms with Gasteiger partial charge in [0, 0.05) is 10.9 Å². The molecule has 2 aromatic carbocycles. The fourth-order valence-corrected chi connectivity index (χ4v) is 2.18. The van der Waals surface area contributed by atoms with Crippen LogP contribution in [0.1, 0.15) is 5.56 Å². The molecule has 0 bridgehead atoms. The van der Waals surface area contributed by atoms with Gasteiger partial charge >= 0.3 is 0 Å². The van der Waals surface area contributed by atoms with Crippen LogP contribution in [0.2, 0.25) is 0 Å². The van der Waals surface area contributed by atoms with Crippen LogP contribution in [0, 0.1) is 5.41 Å². The lowest BCUT2D eigenvalue weighted by Gasteiger charge is -2.09. The Morgan fingerprint density at radius 3 is 2.29 bits per heavy atom. The first kappa shape index (κ1) is 15.4. The molecule has 0 aromatic heterocycles.